The van der Waals surface area contributed by atoms with Crippen LogP contribution < -0.4 is 5.73 Å². The lowest BCUT2D eigenvalue weighted by molar-refractivity contribution is 0.0974. The molecule has 1 aromatic carbocycles. The van der Waals surface area contributed by atoms with E-state index in [0.29, 0.717) is 5.56 Å². The molecule has 2 rings (SSSR count). The van der Waals surface area contributed by atoms with Crippen LogP contribution in [-0.4, -0.2) is 0 Å². The van der Waals surface area contributed by atoms with E-state index in [1.165, 1.54) is 12.1 Å². The highest BCUT2D eigenvalue weighted by Gasteiger charge is 2.44. The summed E-state index contributed by atoms with van der Waals surface area (Å²) >= 11 is 0. The minimum absolute atomic E-state index is 0.0878. The Morgan fingerprint density at radius 3 is 2.29 bits per heavy atom. The molecule has 1 nitrogen and oxygen atoms in total. The van der Waals surface area contributed by atoms with E-state index in [4.69, 9.17) is 5.73 Å². The highest BCUT2D eigenvalue weighted by atomic mass is 19.2. The Morgan fingerprint density at radius 2 is 1.71 bits per heavy atom. The van der Waals surface area contributed by atoms with Crippen molar-refractivity contribution in [2.45, 2.75) is 45.1 Å². The van der Waals surface area contributed by atoms with Gasteiger partial charge in [-0.25, -0.2) is 8.78 Å². The molecule has 0 heterocycles. The molecule has 1 saturated carbocycles. The summed E-state index contributed by atoms with van der Waals surface area (Å²) in [6.07, 6.45) is 4.03. The van der Waals surface area contributed by atoms with Crippen LogP contribution in [0, 0.1) is 17.0 Å². The SMILES string of the molecule is CC1(C)CCCCC1(N)c1ccc(F)c(F)c1. The van der Waals surface area contributed by atoms with Gasteiger partial charge in [-0.05, 0) is 36.0 Å². The quantitative estimate of drug-likeness (QED) is 0.794. The summed E-state index contributed by atoms with van der Waals surface area (Å²) in [4.78, 5) is 0. The van der Waals surface area contributed by atoms with Crippen LogP contribution in [0.5, 0.6) is 0 Å². The predicted octanol–water partition coefficient (Wildman–Crippen LogP) is 3.72. The van der Waals surface area contributed by atoms with E-state index in [9.17, 15) is 8.78 Å². The van der Waals surface area contributed by atoms with Crippen molar-refractivity contribution in [3.8, 4) is 0 Å². The van der Waals surface area contributed by atoms with E-state index in [1.807, 2.05) is 0 Å². The fourth-order valence-corrected chi connectivity index (χ4v) is 2.84. The van der Waals surface area contributed by atoms with Gasteiger partial charge in [0, 0.05) is 5.54 Å². The van der Waals surface area contributed by atoms with Crippen molar-refractivity contribution in [1.29, 1.82) is 0 Å². The second-order valence-electron chi connectivity index (χ2n) is 5.69. The summed E-state index contributed by atoms with van der Waals surface area (Å²) in [7, 11) is 0. The van der Waals surface area contributed by atoms with E-state index in [1.54, 1.807) is 6.07 Å². The number of halogens is 2. The van der Waals surface area contributed by atoms with Gasteiger partial charge in [0.1, 0.15) is 0 Å². The molecule has 1 aliphatic rings. The van der Waals surface area contributed by atoms with E-state index in [2.05, 4.69) is 13.8 Å². The first-order chi connectivity index (χ1) is 7.87. The van der Waals surface area contributed by atoms with Gasteiger partial charge in [0.2, 0.25) is 0 Å². The van der Waals surface area contributed by atoms with Crippen molar-refractivity contribution in [3.63, 3.8) is 0 Å². The van der Waals surface area contributed by atoms with E-state index >= 15 is 0 Å². The Labute approximate surface area is 101 Å². The standard InChI is InChI=1S/C14H19F2N/c1-13(2)7-3-4-8-14(13,17)10-5-6-11(15)12(16)9-10/h5-6,9H,3-4,7-8,17H2,1-2H3. The summed E-state index contributed by atoms with van der Waals surface area (Å²) in [5, 5.41) is 0. The van der Waals surface area contributed by atoms with E-state index in [0.717, 1.165) is 25.7 Å². The second-order valence-corrected chi connectivity index (χ2v) is 5.69. The van der Waals surface area contributed by atoms with Crippen LogP contribution in [-0.2, 0) is 5.54 Å². The van der Waals surface area contributed by atoms with Crippen molar-refractivity contribution in [2.24, 2.45) is 11.1 Å². The molecule has 0 aliphatic heterocycles. The number of hydrogen-bond donors (Lipinski definition) is 1. The molecule has 1 aromatic rings. The Balaban J connectivity index is 2.45. The van der Waals surface area contributed by atoms with Crippen LogP contribution in [0.2, 0.25) is 0 Å². The van der Waals surface area contributed by atoms with Crippen molar-refractivity contribution in [3.05, 3.63) is 35.4 Å². The van der Waals surface area contributed by atoms with Crippen LogP contribution in [0.4, 0.5) is 8.78 Å². The molecule has 2 N–H and O–H groups in total. The predicted molar refractivity (Wildman–Crippen MR) is 64.5 cm³/mol. The molecular formula is C14H19F2N. The molecule has 1 fully saturated rings. The van der Waals surface area contributed by atoms with E-state index < -0.39 is 17.2 Å². The average Bonchev–Trinajstić information content (AvgIpc) is 2.26. The van der Waals surface area contributed by atoms with Gasteiger partial charge in [0.05, 0.1) is 0 Å². The number of rotatable bonds is 1. The lowest BCUT2D eigenvalue weighted by Gasteiger charge is -2.48. The highest BCUT2D eigenvalue weighted by molar-refractivity contribution is 5.28. The Bertz CT molecular complexity index is 428. The molecule has 1 aliphatic carbocycles. The van der Waals surface area contributed by atoms with Crippen LogP contribution >= 0.6 is 0 Å². The van der Waals surface area contributed by atoms with Gasteiger partial charge in [-0.1, -0.05) is 32.8 Å². The smallest absolute Gasteiger partial charge is 0.159 e. The summed E-state index contributed by atoms with van der Waals surface area (Å²) in [5.74, 6) is -1.63. The third-order valence-corrected chi connectivity index (χ3v) is 4.27. The lowest BCUT2D eigenvalue weighted by Crippen LogP contribution is -2.51. The first-order valence-corrected chi connectivity index (χ1v) is 6.11. The van der Waals surface area contributed by atoms with Crippen molar-refractivity contribution in [2.75, 3.05) is 0 Å². The van der Waals surface area contributed by atoms with E-state index in [-0.39, 0.29) is 5.41 Å². The molecule has 17 heavy (non-hydrogen) atoms. The summed E-state index contributed by atoms with van der Waals surface area (Å²) < 4.78 is 26.3. The minimum Gasteiger partial charge on any atom is -0.321 e. The van der Waals surface area contributed by atoms with Gasteiger partial charge < -0.3 is 5.73 Å². The van der Waals surface area contributed by atoms with Crippen molar-refractivity contribution < 1.29 is 8.78 Å². The largest absolute Gasteiger partial charge is 0.321 e. The molecule has 0 saturated heterocycles. The average molecular weight is 239 g/mol. The van der Waals surface area contributed by atoms with Gasteiger partial charge in [-0.15, -0.1) is 0 Å². The molecule has 0 spiro atoms. The zero-order valence-corrected chi connectivity index (χ0v) is 10.4. The van der Waals surface area contributed by atoms with Crippen LogP contribution in [0.1, 0.15) is 45.1 Å². The maximum Gasteiger partial charge on any atom is 0.159 e. The molecular weight excluding hydrogens is 220 g/mol. The summed E-state index contributed by atoms with van der Waals surface area (Å²) in [6, 6.07) is 4.04. The molecule has 0 aromatic heterocycles. The maximum absolute atomic E-state index is 13.3. The zero-order valence-electron chi connectivity index (χ0n) is 10.4. The number of nitrogens with two attached hydrogens (primary N) is 1. The minimum atomic E-state index is -0.814. The van der Waals surface area contributed by atoms with Crippen LogP contribution in [0.15, 0.2) is 18.2 Å². The first-order valence-electron chi connectivity index (χ1n) is 6.11. The Morgan fingerprint density at radius 1 is 1.06 bits per heavy atom. The molecule has 1 unspecified atom stereocenters. The van der Waals surface area contributed by atoms with Gasteiger partial charge in [0.15, 0.2) is 11.6 Å². The normalized spacial score (nSPS) is 28.1. The molecule has 94 valence electrons. The fraction of sp³-hybridized carbons (Fsp3) is 0.571. The zero-order chi connectivity index (χ0) is 12.7. The Kier molecular flexibility index (Phi) is 2.98. The van der Waals surface area contributed by atoms with Gasteiger partial charge >= 0.3 is 0 Å². The molecule has 3 heteroatoms. The molecule has 1 atom stereocenters. The van der Waals surface area contributed by atoms with Gasteiger partial charge in [0.25, 0.3) is 0 Å². The second kappa shape index (κ2) is 4.05. The first kappa shape index (κ1) is 12.5. The fourth-order valence-electron chi connectivity index (χ4n) is 2.84. The van der Waals surface area contributed by atoms with Gasteiger partial charge in [-0.3, -0.25) is 0 Å². The molecule has 0 bridgehead atoms. The topological polar surface area (TPSA) is 26.0 Å². The van der Waals surface area contributed by atoms with Crippen molar-refractivity contribution >= 4 is 0 Å². The molecule has 0 amide bonds. The lowest BCUT2D eigenvalue weighted by atomic mass is 9.61. The van der Waals surface area contributed by atoms with Gasteiger partial charge in [-0.2, -0.15) is 0 Å². The monoisotopic (exact) mass is 239 g/mol. The highest BCUT2D eigenvalue weighted by Crippen LogP contribution is 2.48. The number of benzene rings is 1. The summed E-state index contributed by atoms with van der Waals surface area (Å²) in [5.41, 5.74) is 6.55. The summed E-state index contributed by atoms with van der Waals surface area (Å²) in [6.45, 7) is 4.21. The van der Waals surface area contributed by atoms with Crippen LogP contribution in [0.25, 0.3) is 0 Å². The third-order valence-electron chi connectivity index (χ3n) is 4.27. The number of hydrogen-bond acceptors (Lipinski definition) is 1. The maximum atomic E-state index is 13.3. The Hall–Kier alpha value is -0.960. The van der Waals surface area contributed by atoms with Crippen molar-refractivity contribution in [1.82, 2.24) is 0 Å². The third kappa shape index (κ3) is 1.97. The molecule has 0 radical (unpaired) electrons. The van der Waals surface area contributed by atoms with Crippen LogP contribution in [0.3, 0.4) is 0 Å².